The Labute approximate surface area is 94.2 Å². The van der Waals surface area contributed by atoms with E-state index in [1.54, 1.807) is 25.3 Å². The lowest BCUT2D eigenvalue weighted by Gasteiger charge is -2.03. The highest BCUT2D eigenvalue weighted by atomic mass is 127. The van der Waals surface area contributed by atoms with Crippen molar-refractivity contribution in [2.24, 2.45) is 0 Å². The van der Waals surface area contributed by atoms with E-state index in [0.717, 1.165) is 3.57 Å². The zero-order chi connectivity index (χ0) is 10.1. The van der Waals surface area contributed by atoms with Crippen molar-refractivity contribution < 1.29 is 9.13 Å². The Kier molecular flexibility index (Phi) is 2.54. The molecule has 72 valence electrons. The predicted molar refractivity (Wildman–Crippen MR) is 61.0 cm³/mol. The molecule has 2 aromatic rings. The van der Waals surface area contributed by atoms with Crippen LogP contribution in [0.5, 0.6) is 5.88 Å². The van der Waals surface area contributed by atoms with Crippen molar-refractivity contribution in [3.8, 4) is 5.88 Å². The van der Waals surface area contributed by atoms with Crippen LogP contribution in [0.15, 0.2) is 24.3 Å². The number of ether oxygens (including phenoxy) is 1. The van der Waals surface area contributed by atoms with Crippen LogP contribution in [-0.2, 0) is 0 Å². The molecule has 1 aromatic heterocycles. The molecule has 4 heteroatoms. The van der Waals surface area contributed by atoms with E-state index >= 15 is 0 Å². The van der Waals surface area contributed by atoms with Gasteiger partial charge in [0.25, 0.3) is 0 Å². The van der Waals surface area contributed by atoms with E-state index in [1.165, 1.54) is 6.07 Å². The third-order valence-electron chi connectivity index (χ3n) is 1.94. The normalized spacial score (nSPS) is 10.5. The van der Waals surface area contributed by atoms with Gasteiger partial charge in [-0.05, 0) is 40.8 Å². The van der Waals surface area contributed by atoms with Crippen molar-refractivity contribution in [2.75, 3.05) is 7.11 Å². The van der Waals surface area contributed by atoms with E-state index < -0.39 is 0 Å². The Morgan fingerprint density at radius 2 is 2.07 bits per heavy atom. The molecule has 0 aliphatic rings. The number of aromatic nitrogens is 1. The van der Waals surface area contributed by atoms with Gasteiger partial charge in [0.2, 0.25) is 5.88 Å². The molecule has 1 aromatic carbocycles. The van der Waals surface area contributed by atoms with Crippen molar-refractivity contribution in [2.45, 2.75) is 0 Å². The highest BCUT2D eigenvalue weighted by molar-refractivity contribution is 14.1. The Morgan fingerprint density at radius 3 is 2.79 bits per heavy atom. The number of methoxy groups -OCH3 is 1. The van der Waals surface area contributed by atoms with Crippen LogP contribution >= 0.6 is 22.6 Å². The van der Waals surface area contributed by atoms with Crippen LogP contribution < -0.4 is 4.74 Å². The maximum atomic E-state index is 13.3. The minimum atomic E-state index is -0.254. The Hall–Kier alpha value is -0.910. The monoisotopic (exact) mass is 303 g/mol. The average molecular weight is 303 g/mol. The highest BCUT2D eigenvalue weighted by Gasteiger charge is 2.06. The molecule has 0 radical (unpaired) electrons. The molecular formula is C10H7FINO. The smallest absolute Gasteiger partial charge is 0.213 e. The van der Waals surface area contributed by atoms with Crippen LogP contribution in [0.1, 0.15) is 0 Å². The summed E-state index contributed by atoms with van der Waals surface area (Å²) in [7, 11) is 1.54. The molecule has 0 unspecified atom stereocenters. The minimum absolute atomic E-state index is 0.254. The van der Waals surface area contributed by atoms with Gasteiger partial charge in [-0.25, -0.2) is 9.37 Å². The van der Waals surface area contributed by atoms with E-state index in [0.29, 0.717) is 16.8 Å². The molecule has 14 heavy (non-hydrogen) atoms. The molecule has 0 N–H and O–H groups in total. The molecule has 0 aliphatic heterocycles. The molecule has 0 spiro atoms. The first kappa shape index (κ1) is 9.64. The van der Waals surface area contributed by atoms with Crippen molar-refractivity contribution in [1.82, 2.24) is 4.98 Å². The molecule has 2 nitrogen and oxygen atoms in total. The standard InChI is InChI=1S/C10H7FINO/c1-14-9-5-2-6-7(11)3-4-8(12)10(6)13-9/h2-5H,1H3. The lowest BCUT2D eigenvalue weighted by molar-refractivity contribution is 0.399. The quantitative estimate of drug-likeness (QED) is 0.756. The van der Waals surface area contributed by atoms with E-state index in [9.17, 15) is 4.39 Å². The SMILES string of the molecule is COc1ccc2c(F)ccc(I)c2n1. The van der Waals surface area contributed by atoms with Gasteiger partial charge in [0, 0.05) is 15.0 Å². The summed E-state index contributed by atoms with van der Waals surface area (Å²) in [4.78, 5) is 4.18. The number of fused-ring (bicyclic) bond motifs is 1. The van der Waals surface area contributed by atoms with E-state index in [4.69, 9.17) is 4.74 Å². The number of rotatable bonds is 1. The molecule has 0 bridgehead atoms. The van der Waals surface area contributed by atoms with Gasteiger partial charge in [0.05, 0.1) is 12.6 Å². The summed E-state index contributed by atoms with van der Waals surface area (Å²) in [5, 5.41) is 0.526. The van der Waals surface area contributed by atoms with Gasteiger partial charge in [-0.1, -0.05) is 0 Å². The number of halogens is 2. The summed E-state index contributed by atoms with van der Waals surface area (Å²) >= 11 is 2.12. The fourth-order valence-electron chi connectivity index (χ4n) is 1.24. The molecular weight excluding hydrogens is 296 g/mol. The molecule has 0 saturated carbocycles. The largest absolute Gasteiger partial charge is 0.481 e. The van der Waals surface area contributed by atoms with Crippen LogP contribution in [-0.4, -0.2) is 12.1 Å². The van der Waals surface area contributed by atoms with Gasteiger partial charge >= 0.3 is 0 Å². The summed E-state index contributed by atoms with van der Waals surface area (Å²) in [6.45, 7) is 0. The predicted octanol–water partition coefficient (Wildman–Crippen LogP) is 2.99. The van der Waals surface area contributed by atoms with Crippen LogP contribution in [0.25, 0.3) is 10.9 Å². The number of hydrogen-bond donors (Lipinski definition) is 0. The third kappa shape index (κ3) is 1.54. The molecule has 0 saturated heterocycles. The summed E-state index contributed by atoms with van der Waals surface area (Å²) < 4.78 is 19.2. The second-order valence-electron chi connectivity index (χ2n) is 2.78. The van der Waals surface area contributed by atoms with E-state index in [2.05, 4.69) is 27.6 Å². The zero-order valence-electron chi connectivity index (χ0n) is 7.42. The van der Waals surface area contributed by atoms with Crippen molar-refractivity contribution in [1.29, 1.82) is 0 Å². The Bertz CT molecular complexity index is 487. The molecule has 0 aliphatic carbocycles. The summed E-state index contributed by atoms with van der Waals surface area (Å²) in [5.74, 6) is 0.247. The summed E-state index contributed by atoms with van der Waals surface area (Å²) in [5.41, 5.74) is 0.643. The number of pyridine rings is 1. The molecule has 0 fully saturated rings. The fourth-order valence-corrected chi connectivity index (χ4v) is 1.84. The minimum Gasteiger partial charge on any atom is -0.481 e. The van der Waals surface area contributed by atoms with Crippen molar-refractivity contribution in [3.63, 3.8) is 0 Å². The van der Waals surface area contributed by atoms with Gasteiger partial charge in [-0.2, -0.15) is 0 Å². The van der Waals surface area contributed by atoms with Crippen molar-refractivity contribution in [3.05, 3.63) is 33.7 Å². The molecule has 2 rings (SSSR count). The first-order chi connectivity index (χ1) is 6.72. The second kappa shape index (κ2) is 3.68. The number of nitrogens with zero attached hydrogens (tertiary/aromatic N) is 1. The van der Waals surface area contributed by atoms with Crippen molar-refractivity contribution >= 4 is 33.5 Å². The maximum absolute atomic E-state index is 13.3. The van der Waals surface area contributed by atoms with Gasteiger partial charge < -0.3 is 4.74 Å². The number of benzene rings is 1. The van der Waals surface area contributed by atoms with Gasteiger partial charge in [-0.3, -0.25) is 0 Å². The zero-order valence-corrected chi connectivity index (χ0v) is 9.58. The van der Waals surface area contributed by atoms with E-state index in [1.807, 2.05) is 0 Å². The maximum Gasteiger partial charge on any atom is 0.213 e. The second-order valence-corrected chi connectivity index (χ2v) is 3.94. The molecule has 0 amide bonds. The lowest BCUT2D eigenvalue weighted by Crippen LogP contribution is -1.91. The van der Waals surface area contributed by atoms with Gasteiger partial charge in [-0.15, -0.1) is 0 Å². The third-order valence-corrected chi connectivity index (χ3v) is 2.81. The Balaban J connectivity index is 2.80. The first-order valence-electron chi connectivity index (χ1n) is 4.01. The first-order valence-corrected chi connectivity index (χ1v) is 5.09. The number of hydrogen-bond acceptors (Lipinski definition) is 2. The summed E-state index contributed by atoms with van der Waals surface area (Å²) in [6, 6.07) is 6.48. The van der Waals surface area contributed by atoms with Crippen LogP contribution in [0.2, 0.25) is 0 Å². The fraction of sp³-hybridized carbons (Fsp3) is 0.100. The van der Waals surface area contributed by atoms with Gasteiger partial charge in [0.15, 0.2) is 0 Å². The van der Waals surface area contributed by atoms with Crippen LogP contribution in [0.4, 0.5) is 4.39 Å². The van der Waals surface area contributed by atoms with Gasteiger partial charge in [0.1, 0.15) is 5.82 Å². The highest BCUT2D eigenvalue weighted by Crippen LogP contribution is 2.23. The summed E-state index contributed by atoms with van der Waals surface area (Å²) in [6.07, 6.45) is 0. The molecule has 0 atom stereocenters. The molecule has 1 heterocycles. The Morgan fingerprint density at radius 1 is 1.29 bits per heavy atom. The topological polar surface area (TPSA) is 22.1 Å². The van der Waals surface area contributed by atoms with Crippen LogP contribution in [0.3, 0.4) is 0 Å². The van der Waals surface area contributed by atoms with Crippen LogP contribution in [0, 0.1) is 9.39 Å². The van der Waals surface area contributed by atoms with E-state index in [-0.39, 0.29) is 5.82 Å². The lowest BCUT2D eigenvalue weighted by atomic mass is 10.2. The average Bonchev–Trinajstić information content (AvgIpc) is 2.23.